The number of benzene rings is 3. The topological polar surface area (TPSA) is 50.4 Å². The molecule has 4 nitrogen and oxygen atoms in total. The number of ether oxygens (including phenoxy) is 1. The Kier molecular flexibility index (Phi) is 4.31. The van der Waals surface area contributed by atoms with Gasteiger partial charge in [-0.3, -0.25) is 4.79 Å². The van der Waals surface area contributed by atoms with E-state index in [4.69, 9.17) is 4.74 Å². The van der Waals surface area contributed by atoms with Gasteiger partial charge >= 0.3 is 0 Å². The molecule has 0 fully saturated rings. The van der Waals surface area contributed by atoms with Crippen molar-refractivity contribution in [2.45, 2.75) is 32.7 Å². The summed E-state index contributed by atoms with van der Waals surface area (Å²) >= 11 is 0. The van der Waals surface area contributed by atoms with E-state index < -0.39 is 0 Å². The Morgan fingerprint density at radius 2 is 1.67 bits per heavy atom. The van der Waals surface area contributed by atoms with E-state index in [-0.39, 0.29) is 17.2 Å². The Morgan fingerprint density at radius 3 is 2.47 bits per heavy atom. The standard InChI is InChI=1S/C26H26N2O2/c1-26(2)14-20-24(21(29)15-26)25(28-19-11-7-6-10-18(19)27-20)23-17-9-5-4-8-16(17)12-13-22(23)30-3/h4-13,25,27-28H,14-15H2,1-3H3/t25-/m1/s1. The molecule has 2 N–H and O–H groups in total. The second-order valence-electron chi connectivity index (χ2n) is 8.98. The van der Waals surface area contributed by atoms with Crippen molar-refractivity contribution >= 4 is 27.9 Å². The second-order valence-corrected chi connectivity index (χ2v) is 8.98. The van der Waals surface area contributed by atoms with Gasteiger partial charge in [-0.1, -0.05) is 56.3 Å². The molecule has 1 atom stereocenters. The molecule has 30 heavy (non-hydrogen) atoms. The van der Waals surface area contributed by atoms with E-state index in [1.165, 1.54) is 0 Å². The number of Topliss-reactive ketones (excluding diaryl/α,β-unsaturated/α-hetero) is 1. The lowest BCUT2D eigenvalue weighted by Gasteiger charge is -2.34. The lowest BCUT2D eigenvalue weighted by Crippen LogP contribution is -2.31. The van der Waals surface area contributed by atoms with Crippen molar-refractivity contribution in [3.8, 4) is 5.75 Å². The lowest BCUT2D eigenvalue weighted by atomic mass is 9.73. The summed E-state index contributed by atoms with van der Waals surface area (Å²) in [5, 5.41) is 9.49. The second kappa shape index (κ2) is 6.91. The summed E-state index contributed by atoms with van der Waals surface area (Å²) in [5.41, 5.74) is 4.74. The predicted octanol–water partition coefficient (Wildman–Crippen LogP) is 6.07. The molecule has 0 saturated heterocycles. The zero-order valence-electron chi connectivity index (χ0n) is 17.6. The molecule has 0 amide bonds. The Bertz CT molecular complexity index is 1190. The van der Waals surface area contributed by atoms with Crippen molar-refractivity contribution < 1.29 is 9.53 Å². The van der Waals surface area contributed by atoms with Gasteiger partial charge in [0.25, 0.3) is 0 Å². The number of allylic oxidation sites excluding steroid dienone is 1. The van der Waals surface area contributed by atoms with Crippen molar-refractivity contribution in [2.24, 2.45) is 5.41 Å². The van der Waals surface area contributed by atoms with Crippen LogP contribution in [0.3, 0.4) is 0 Å². The van der Waals surface area contributed by atoms with Crippen molar-refractivity contribution in [3.05, 3.63) is 77.5 Å². The first kappa shape index (κ1) is 18.7. The quantitative estimate of drug-likeness (QED) is 0.550. The number of carbonyl (C=O) groups excluding carboxylic acids is 1. The molecule has 1 aliphatic carbocycles. The van der Waals surface area contributed by atoms with Crippen LogP contribution < -0.4 is 15.4 Å². The Labute approximate surface area is 176 Å². The molecule has 0 aromatic heterocycles. The molecule has 0 saturated carbocycles. The molecule has 0 bridgehead atoms. The molecule has 3 aromatic rings. The van der Waals surface area contributed by atoms with E-state index in [0.29, 0.717) is 6.42 Å². The highest BCUT2D eigenvalue weighted by molar-refractivity contribution is 6.02. The highest BCUT2D eigenvalue weighted by Gasteiger charge is 2.39. The summed E-state index contributed by atoms with van der Waals surface area (Å²) in [6.07, 6.45) is 1.36. The van der Waals surface area contributed by atoms with E-state index in [9.17, 15) is 4.79 Å². The fourth-order valence-electron chi connectivity index (χ4n) is 4.86. The number of nitrogens with one attached hydrogen (secondary N) is 2. The predicted molar refractivity (Wildman–Crippen MR) is 122 cm³/mol. The molecule has 5 rings (SSSR count). The van der Waals surface area contributed by atoms with E-state index >= 15 is 0 Å². The number of para-hydroxylation sites is 2. The third kappa shape index (κ3) is 3.04. The fraction of sp³-hybridized carbons (Fsp3) is 0.269. The van der Waals surface area contributed by atoms with Crippen molar-refractivity contribution in [1.82, 2.24) is 0 Å². The van der Waals surface area contributed by atoms with E-state index in [0.717, 1.165) is 51.2 Å². The van der Waals surface area contributed by atoms with Crippen molar-refractivity contribution in [2.75, 3.05) is 17.7 Å². The highest BCUT2D eigenvalue weighted by atomic mass is 16.5. The molecule has 0 radical (unpaired) electrons. The normalized spacial score (nSPS) is 20.0. The molecule has 0 spiro atoms. The minimum absolute atomic E-state index is 0.0738. The maximum absolute atomic E-state index is 13.5. The number of carbonyl (C=O) groups is 1. The van der Waals surface area contributed by atoms with E-state index in [1.807, 2.05) is 30.3 Å². The van der Waals surface area contributed by atoms with Crippen LogP contribution in [0.1, 0.15) is 38.3 Å². The molecule has 0 unspecified atom stereocenters. The van der Waals surface area contributed by atoms with Crippen LogP contribution in [0.2, 0.25) is 0 Å². The maximum Gasteiger partial charge on any atom is 0.163 e. The summed E-state index contributed by atoms with van der Waals surface area (Å²) in [6, 6.07) is 20.2. The SMILES string of the molecule is COc1ccc2ccccc2c1[C@H]1Nc2ccccc2NC2=C1C(=O)CC(C)(C)C2. The number of ketones is 1. The van der Waals surface area contributed by atoms with Gasteiger partial charge in [-0.15, -0.1) is 0 Å². The number of rotatable bonds is 2. The van der Waals surface area contributed by atoms with Gasteiger partial charge in [0.15, 0.2) is 5.78 Å². The summed E-state index contributed by atoms with van der Waals surface area (Å²) in [5.74, 6) is 0.976. The monoisotopic (exact) mass is 398 g/mol. The summed E-state index contributed by atoms with van der Waals surface area (Å²) in [6.45, 7) is 4.32. The van der Waals surface area contributed by atoms with Gasteiger partial charge in [0.2, 0.25) is 0 Å². The smallest absolute Gasteiger partial charge is 0.163 e. The average Bonchev–Trinajstić information content (AvgIpc) is 2.88. The van der Waals surface area contributed by atoms with Crippen molar-refractivity contribution in [3.63, 3.8) is 0 Å². The fourth-order valence-corrected chi connectivity index (χ4v) is 4.86. The van der Waals surface area contributed by atoms with Crippen LogP contribution in [-0.4, -0.2) is 12.9 Å². The van der Waals surface area contributed by atoms with Gasteiger partial charge in [0, 0.05) is 23.3 Å². The Morgan fingerprint density at radius 1 is 0.933 bits per heavy atom. The molecule has 1 heterocycles. The maximum atomic E-state index is 13.5. The molecule has 2 aliphatic rings. The number of hydrogen-bond donors (Lipinski definition) is 2. The lowest BCUT2D eigenvalue weighted by molar-refractivity contribution is -0.118. The van der Waals surface area contributed by atoms with Gasteiger partial charge in [-0.2, -0.15) is 0 Å². The van der Waals surface area contributed by atoms with Crippen LogP contribution in [0.15, 0.2) is 71.9 Å². The van der Waals surface area contributed by atoms with Crippen molar-refractivity contribution in [1.29, 1.82) is 0 Å². The van der Waals surface area contributed by atoms with E-state index in [1.54, 1.807) is 7.11 Å². The molecule has 3 aromatic carbocycles. The van der Waals surface area contributed by atoms with Gasteiger partial charge in [-0.05, 0) is 40.8 Å². The van der Waals surface area contributed by atoms with Crippen LogP contribution in [0.5, 0.6) is 5.75 Å². The van der Waals surface area contributed by atoms with Crippen LogP contribution in [0.25, 0.3) is 10.8 Å². The summed E-state index contributed by atoms with van der Waals surface area (Å²) in [4.78, 5) is 13.5. The average molecular weight is 399 g/mol. The zero-order chi connectivity index (χ0) is 20.9. The molecular formula is C26H26N2O2. The van der Waals surface area contributed by atoms with Crippen LogP contribution in [0, 0.1) is 5.41 Å². The van der Waals surface area contributed by atoms with Crippen LogP contribution in [0.4, 0.5) is 11.4 Å². The molecular weight excluding hydrogens is 372 g/mol. The minimum Gasteiger partial charge on any atom is -0.496 e. The molecule has 152 valence electrons. The summed E-state index contributed by atoms with van der Waals surface area (Å²) in [7, 11) is 1.69. The van der Waals surface area contributed by atoms with Gasteiger partial charge in [0.05, 0.1) is 24.5 Å². The third-order valence-corrected chi connectivity index (χ3v) is 6.16. The van der Waals surface area contributed by atoms with Gasteiger partial charge in [0.1, 0.15) is 5.75 Å². The largest absolute Gasteiger partial charge is 0.496 e. The highest BCUT2D eigenvalue weighted by Crippen LogP contribution is 2.48. The molecule has 4 heteroatoms. The zero-order valence-corrected chi connectivity index (χ0v) is 17.6. The van der Waals surface area contributed by atoms with E-state index in [2.05, 4.69) is 54.8 Å². The first-order valence-electron chi connectivity index (χ1n) is 10.4. The van der Waals surface area contributed by atoms with Gasteiger partial charge < -0.3 is 15.4 Å². The van der Waals surface area contributed by atoms with Crippen LogP contribution in [-0.2, 0) is 4.79 Å². The number of methoxy groups -OCH3 is 1. The minimum atomic E-state index is -0.291. The number of hydrogen-bond acceptors (Lipinski definition) is 4. The number of fused-ring (bicyclic) bond motifs is 2. The Hall–Kier alpha value is -3.27. The van der Waals surface area contributed by atoms with Crippen LogP contribution >= 0.6 is 0 Å². The third-order valence-electron chi connectivity index (χ3n) is 6.16. The Balaban J connectivity index is 1.80. The first-order chi connectivity index (χ1) is 14.5. The molecule has 1 aliphatic heterocycles. The van der Waals surface area contributed by atoms with Gasteiger partial charge in [-0.25, -0.2) is 0 Å². The summed E-state index contributed by atoms with van der Waals surface area (Å²) < 4.78 is 5.80. The first-order valence-corrected chi connectivity index (χ1v) is 10.4. The number of anilines is 2.